The molecule has 1 aliphatic carbocycles. The van der Waals surface area contributed by atoms with Gasteiger partial charge in [0.25, 0.3) is 0 Å². The van der Waals surface area contributed by atoms with Gasteiger partial charge in [-0.15, -0.1) is 45.9 Å². The Bertz CT molecular complexity index is 653. The Kier molecular flexibility index (Phi) is 6.04. The number of rotatable bonds is 8. The fraction of sp³-hybridized carbons (Fsp3) is 0.412. The molecule has 25 heavy (non-hydrogen) atoms. The van der Waals surface area contributed by atoms with Crippen LogP contribution in [0.2, 0.25) is 0 Å². The Morgan fingerprint density at radius 2 is 1.36 bits per heavy atom. The molecule has 2 heterocycles. The molecule has 0 aromatic carbocycles. The first-order valence-electron chi connectivity index (χ1n) is 7.70. The second kappa shape index (κ2) is 8.08. The van der Waals surface area contributed by atoms with E-state index in [0.29, 0.717) is 0 Å². The molecule has 2 aromatic rings. The van der Waals surface area contributed by atoms with E-state index in [4.69, 9.17) is 32.7 Å². The van der Waals surface area contributed by atoms with E-state index in [0.717, 1.165) is 9.75 Å². The summed E-state index contributed by atoms with van der Waals surface area (Å²) >= 11 is 15.4. The summed E-state index contributed by atoms with van der Waals surface area (Å²) in [4.78, 5) is 25.5. The molecule has 0 aliphatic heterocycles. The summed E-state index contributed by atoms with van der Waals surface area (Å²) in [5.74, 6) is -1.07. The highest BCUT2D eigenvalue weighted by atomic mass is 35.5. The van der Waals surface area contributed by atoms with Gasteiger partial charge < -0.3 is 9.47 Å². The van der Waals surface area contributed by atoms with Crippen molar-refractivity contribution < 1.29 is 19.1 Å². The minimum Gasteiger partial charge on any atom is -0.465 e. The lowest BCUT2D eigenvalue weighted by atomic mass is 10.3. The van der Waals surface area contributed by atoms with Gasteiger partial charge in [0.2, 0.25) is 0 Å². The zero-order chi connectivity index (χ0) is 17.9. The Morgan fingerprint density at radius 1 is 0.920 bits per heavy atom. The molecule has 0 saturated heterocycles. The summed E-state index contributed by atoms with van der Waals surface area (Å²) in [7, 11) is 0. The van der Waals surface area contributed by atoms with Crippen LogP contribution in [0.5, 0.6) is 0 Å². The van der Waals surface area contributed by atoms with E-state index in [9.17, 15) is 9.59 Å². The topological polar surface area (TPSA) is 52.6 Å². The van der Waals surface area contributed by atoms with Crippen molar-refractivity contribution in [3.8, 4) is 0 Å². The number of ether oxygens (including phenoxy) is 2. The first-order chi connectivity index (χ1) is 12.0. The summed E-state index contributed by atoms with van der Waals surface area (Å²) < 4.78 is 9.49. The number of alkyl halides is 2. The summed E-state index contributed by atoms with van der Waals surface area (Å²) in [6.45, 7) is 0.259. The van der Waals surface area contributed by atoms with Crippen molar-refractivity contribution in [2.45, 2.75) is 17.2 Å². The molecule has 0 unspecified atom stereocenters. The maximum Gasteiger partial charge on any atom is 0.311 e. The maximum atomic E-state index is 11.8. The zero-order valence-corrected chi connectivity index (χ0v) is 16.3. The second-order valence-corrected chi connectivity index (χ2v) is 9.27. The van der Waals surface area contributed by atoms with Gasteiger partial charge in [0.05, 0.1) is 26.1 Å². The highest BCUT2D eigenvalue weighted by Crippen LogP contribution is 2.59. The molecular weight excluding hydrogens is 403 g/mol. The number of halogens is 2. The van der Waals surface area contributed by atoms with E-state index in [2.05, 4.69) is 0 Å². The molecule has 1 aliphatic rings. The molecule has 0 amide bonds. The van der Waals surface area contributed by atoms with Crippen LogP contribution in [-0.2, 0) is 31.9 Å². The Morgan fingerprint density at radius 3 is 1.72 bits per heavy atom. The number of hydrogen-bond donors (Lipinski definition) is 0. The zero-order valence-electron chi connectivity index (χ0n) is 13.2. The minimum absolute atomic E-state index is 0.129. The van der Waals surface area contributed by atoms with Crippen molar-refractivity contribution >= 4 is 57.8 Å². The van der Waals surface area contributed by atoms with Gasteiger partial charge in [-0.1, -0.05) is 12.1 Å². The standard InChI is InChI=1S/C17H16Cl2O4S2/c18-17(19)13(9-22-15(20)7-11-3-1-5-24-11)14(17)10-23-16(21)8-12-4-2-6-25-12/h1-6,13-14H,7-10H2/t13-,14+. The van der Waals surface area contributed by atoms with Crippen molar-refractivity contribution in [2.24, 2.45) is 11.8 Å². The van der Waals surface area contributed by atoms with E-state index in [1.54, 1.807) is 0 Å². The number of esters is 2. The average molecular weight is 419 g/mol. The Balaban J connectivity index is 1.39. The van der Waals surface area contributed by atoms with Crippen molar-refractivity contribution in [1.82, 2.24) is 0 Å². The Labute approximate surface area is 163 Å². The summed E-state index contributed by atoms with van der Waals surface area (Å²) in [5.41, 5.74) is 0. The van der Waals surface area contributed by atoms with Crippen molar-refractivity contribution in [1.29, 1.82) is 0 Å². The lowest BCUT2D eigenvalue weighted by Crippen LogP contribution is -2.12. The fourth-order valence-corrected chi connectivity index (χ4v) is 4.61. The van der Waals surface area contributed by atoms with Crippen LogP contribution in [0.15, 0.2) is 35.0 Å². The fourth-order valence-electron chi connectivity index (χ4n) is 2.49. The van der Waals surface area contributed by atoms with Crippen LogP contribution in [0.3, 0.4) is 0 Å². The third-order valence-electron chi connectivity index (χ3n) is 4.01. The summed E-state index contributed by atoms with van der Waals surface area (Å²) in [6, 6.07) is 7.53. The smallest absolute Gasteiger partial charge is 0.311 e. The molecule has 0 bridgehead atoms. The van der Waals surface area contributed by atoms with Gasteiger partial charge in [0.15, 0.2) is 0 Å². The third kappa shape index (κ3) is 4.97. The van der Waals surface area contributed by atoms with Crippen molar-refractivity contribution in [2.75, 3.05) is 13.2 Å². The lowest BCUT2D eigenvalue weighted by Gasteiger charge is -2.04. The first kappa shape index (κ1) is 18.7. The molecular formula is C17H16Cl2O4S2. The minimum atomic E-state index is -1.02. The Hall–Kier alpha value is -1.08. The maximum absolute atomic E-state index is 11.8. The monoisotopic (exact) mass is 418 g/mol. The van der Waals surface area contributed by atoms with E-state index in [-0.39, 0.29) is 49.8 Å². The van der Waals surface area contributed by atoms with E-state index < -0.39 is 4.33 Å². The van der Waals surface area contributed by atoms with Gasteiger partial charge in [-0.3, -0.25) is 9.59 Å². The van der Waals surface area contributed by atoms with Gasteiger partial charge >= 0.3 is 11.9 Å². The van der Waals surface area contributed by atoms with Crippen LogP contribution in [0, 0.1) is 11.8 Å². The number of carbonyl (C=O) groups excluding carboxylic acids is 2. The largest absolute Gasteiger partial charge is 0.465 e. The van der Waals surface area contributed by atoms with Crippen LogP contribution in [0.1, 0.15) is 9.75 Å². The molecule has 134 valence electrons. The van der Waals surface area contributed by atoms with Crippen LogP contribution < -0.4 is 0 Å². The molecule has 4 nitrogen and oxygen atoms in total. The molecule has 8 heteroatoms. The second-order valence-electron chi connectivity index (χ2n) is 5.77. The molecule has 0 radical (unpaired) electrons. The van der Waals surface area contributed by atoms with Crippen LogP contribution >= 0.6 is 45.9 Å². The third-order valence-corrected chi connectivity index (χ3v) is 6.88. The molecule has 0 spiro atoms. The first-order valence-corrected chi connectivity index (χ1v) is 10.2. The highest BCUT2D eigenvalue weighted by molar-refractivity contribution is 7.10. The van der Waals surface area contributed by atoms with E-state index >= 15 is 0 Å². The lowest BCUT2D eigenvalue weighted by molar-refractivity contribution is -0.145. The molecule has 2 atom stereocenters. The molecule has 2 aromatic heterocycles. The van der Waals surface area contributed by atoms with Gasteiger partial charge in [-0.2, -0.15) is 0 Å². The van der Waals surface area contributed by atoms with Gasteiger partial charge in [0.1, 0.15) is 4.33 Å². The van der Waals surface area contributed by atoms with Crippen molar-refractivity contribution in [3.63, 3.8) is 0 Å². The predicted octanol–water partition coefficient (Wildman–Crippen LogP) is 4.10. The van der Waals surface area contributed by atoms with Crippen LogP contribution in [-0.4, -0.2) is 29.5 Å². The summed E-state index contributed by atoms with van der Waals surface area (Å²) in [5, 5.41) is 3.82. The predicted molar refractivity (Wildman–Crippen MR) is 99.4 cm³/mol. The normalized spacial score (nSPS) is 20.9. The number of thiophene rings is 2. The highest BCUT2D eigenvalue weighted by Gasteiger charge is 2.64. The molecule has 3 rings (SSSR count). The van der Waals surface area contributed by atoms with Crippen molar-refractivity contribution in [3.05, 3.63) is 44.8 Å². The van der Waals surface area contributed by atoms with E-state index in [1.807, 2.05) is 35.0 Å². The number of hydrogen-bond acceptors (Lipinski definition) is 6. The SMILES string of the molecule is O=C(Cc1cccs1)OC[C@@H]1[C@H](COC(=O)Cc2cccs2)C1(Cl)Cl. The van der Waals surface area contributed by atoms with Gasteiger partial charge in [0, 0.05) is 21.6 Å². The summed E-state index contributed by atoms with van der Waals surface area (Å²) in [6.07, 6.45) is 0.477. The molecule has 1 saturated carbocycles. The van der Waals surface area contributed by atoms with Crippen LogP contribution in [0.25, 0.3) is 0 Å². The number of carbonyl (C=O) groups is 2. The van der Waals surface area contributed by atoms with E-state index in [1.165, 1.54) is 22.7 Å². The van der Waals surface area contributed by atoms with Gasteiger partial charge in [-0.05, 0) is 22.9 Å². The van der Waals surface area contributed by atoms with Gasteiger partial charge in [-0.25, -0.2) is 0 Å². The molecule has 0 N–H and O–H groups in total. The molecule has 1 fully saturated rings. The van der Waals surface area contributed by atoms with Crippen LogP contribution in [0.4, 0.5) is 0 Å². The average Bonchev–Trinajstić information content (AvgIpc) is 3.05. The quantitative estimate of drug-likeness (QED) is 0.478.